The average Bonchev–Trinajstić information content (AvgIpc) is 2.39. The Morgan fingerprint density at radius 2 is 1.75 bits per heavy atom. The third kappa shape index (κ3) is 3.13. The highest BCUT2D eigenvalue weighted by Gasteiger charge is 2.11. The molecule has 0 aliphatic rings. The summed E-state index contributed by atoms with van der Waals surface area (Å²) in [5, 5.41) is 11.4. The summed E-state index contributed by atoms with van der Waals surface area (Å²) in [6.45, 7) is 0. The number of hydrogen-bond acceptors (Lipinski definition) is 2. The van der Waals surface area contributed by atoms with Gasteiger partial charge in [-0.1, -0.05) is 11.6 Å². The minimum Gasteiger partial charge on any atom is -0.478 e. The van der Waals surface area contributed by atoms with E-state index in [4.69, 9.17) is 16.7 Å². The first-order valence-electron chi connectivity index (χ1n) is 5.57. The van der Waals surface area contributed by atoms with Gasteiger partial charge in [-0.15, -0.1) is 0 Å². The Hall–Kier alpha value is -2.40. The maximum absolute atomic E-state index is 12.7. The van der Waals surface area contributed by atoms with Crippen LogP contribution in [-0.4, -0.2) is 17.0 Å². The van der Waals surface area contributed by atoms with Gasteiger partial charge in [0.25, 0.3) is 5.91 Å². The third-order valence-electron chi connectivity index (χ3n) is 2.56. The van der Waals surface area contributed by atoms with Crippen LogP contribution in [0.3, 0.4) is 0 Å². The molecule has 0 saturated carbocycles. The number of nitrogens with one attached hydrogen (secondary N) is 1. The molecule has 0 unspecified atom stereocenters. The van der Waals surface area contributed by atoms with Gasteiger partial charge in [-0.2, -0.15) is 0 Å². The molecule has 2 aromatic rings. The standard InChI is InChI=1S/C14H9ClFNO3/c15-12-7-10(5-6-11(12)14(19)20)17-13(18)8-1-3-9(16)4-2-8/h1-7H,(H,17,18)(H,19,20). The topological polar surface area (TPSA) is 66.4 Å². The fraction of sp³-hybridized carbons (Fsp3) is 0. The Kier molecular flexibility index (Phi) is 4.00. The molecule has 2 rings (SSSR count). The van der Waals surface area contributed by atoms with E-state index in [1.54, 1.807) is 0 Å². The van der Waals surface area contributed by atoms with Crippen molar-refractivity contribution < 1.29 is 19.1 Å². The maximum atomic E-state index is 12.7. The Morgan fingerprint density at radius 3 is 2.30 bits per heavy atom. The first-order valence-corrected chi connectivity index (χ1v) is 5.95. The van der Waals surface area contributed by atoms with E-state index < -0.39 is 17.7 Å². The fourth-order valence-corrected chi connectivity index (χ4v) is 1.83. The number of aromatic carboxylic acids is 1. The highest BCUT2D eigenvalue weighted by atomic mass is 35.5. The van der Waals surface area contributed by atoms with Crippen molar-refractivity contribution in [2.24, 2.45) is 0 Å². The number of carbonyl (C=O) groups is 2. The van der Waals surface area contributed by atoms with Gasteiger partial charge >= 0.3 is 5.97 Å². The average molecular weight is 294 g/mol. The molecule has 0 saturated heterocycles. The van der Waals surface area contributed by atoms with E-state index in [1.165, 1.54) is 42.5 Å². The minimum absolute atomic E-state index is 0.0226. The van der Waals surface area contributed by atoms with Crippen LogP contribution < -0.4 is 5.32 Å². The summed E-state index contributed by atoms with van der Waals surface area (Å²) < 4.78 is 12.7. The summed E-state index contributed by atoms with van der Waals surface area (Å²) in [5.74, 6) is -2.02. The first-order chi connectivity index (χ1) is 9.47. The van der Waals surface area contributed by atoms with Crippen LogP contribution >= 0.6 is 11.6 Å². The molecule has 6 heteroatoms. The van der Waals surface area contributed by atoms with Crippen molar-refractivity contribution in [3.63, 3.8) is 0 Å². The van der Waals surface area contributed by atoms with Crippen molar-refractivity contribution in [2.75, 3.05) is 5.32 Å². The van der Waals surface area contributed by atoms with Crippen molar-refractivity contribution in [1.29, 1.82) is 0 Å². The van der Waals surface area contributed by atoms with Crippen LogP contribution in [0.5, 0.6) is 0 Å². The zero-order valence-electron chi connectivity index (χ0n) is 10.1. The molecule has 0 atom stereocenters. The highest BCUT2D eigenvalue weighted by Crippen LogP contribution is 2.21. The Bertz CT molecular complexity index is 671. The van der Waals surface area contributed by atoms with Gasteiger partial charge in [0.05, 0.1) is 10.6 Å². The molecule has 0 fully saturated rings. The molecule has 2 aromatic carbocycles. The fourth-order valence-electron chi connectivity index (χ4n) is 1.57. The summed E-state index contributed by atoms with van der Waals surface area (Å²) in [7, 11) is 0. The number of carbonyl (C=O) groups excluding carboxylic acids is 1. The van der Waals surface area contributed by atoms with Crippen LogP contribution in [-0.2, 0) is 0 Å². The lowest BCUT2D eigenvalue weighted by atomic mass is 10.2. The van der Waals surface area contributed by atoms with E-state index >= 15 is 0 Å². The molecule has 0 aliphatic carbocycles. The molecule has 0 aromatic heterocycles. The van der Waals surface area contributed by atoms with Crippen molar-refractivity contribution in [3.8, 4) is 0 Å². The molecular formula is C14H9ClFNO3. The molecule has 20 heavy (non-hydrogen) atoms. The van der Waals surface area contributed by atoms with Gasteiger partial charge in [0.15, 0.2) is 0 Å². The van der Waals surface area contributed by atoms with Crippen LogP contribution in [0.2, 0.25) is 5.02 Å². The normalized spacial score (nSPS) is 10.1. The minimum atomic E-state index is -1.15. The number of halogens is 2. The van der Waals surface area contributed by atoms with E-state index in [0.29, 0.717) is 5.69 Å². The van der Waals surface area contributed by atoms with Crippen molar-refractivity contribution in [1.82, 2.24) is 0 Å². The Labute approximate surface area is 118 Å². The number of anilines is 1. The summed E-state index contributed by atoms with van der Waals surface area (Å²) in [5.41, 5.74) is 0.589. The monoisotopic (exact) mass is 293 g/mol. The van der Waals surface area contributed by atoms with E-state index in [9.17, 15) is 14.0 Å². The van der Waals surface area contributed by atoms with Gasteiger partial charge in [0, 0.05) is 11.3 Å². The summed E-state index contributed by atoms with van der Waals surface area (Å²) in [4.78, 5) is 22.7. The van der Waals surface area contributed by atoms with Crippen molar-refractivity contribution in [2.45, 2.75) is 0 Å². The van der Waals surface area contributed by atoms with Gasteiger partial charge in [-0.3, -0.25) is 4.79 Å². The molecule has 0 aliphatic heterocycles. The smallest absolute Gasteiger partial charge is 0.337 e. The number of amides is 1. The molecule has 0 heterocycles. The van der Waals surface area contributed by atoms with Crippen LogP contribution in [0.1, 0.15) is 20.7 Å². The van der Waals surface area contributed by atoms with Gasteiger partial charge in [0.2, 0.25) is 0 Å². The Morgan fingerprint density at radius 1 is 1.10 bits per heavy atom. The van der Waals surface area contributed by atoms with Gasteiger partial charge in [-0.05, 0) is 42.5 Å². The van der Waals surface area contributed by atoms with Crippen molar-refractivity contribution in [3.05, 3.63) is 64.4 Å². The summed E-state index contributed by atoms with van der Waals surface area (Å²) in [6.07, 6.45) is 0. The molecule has 0 bridgehead atoms. The lowest BCUT2D eigenvalue weighted by Gasteiger charge is -2.07. The number of rotatable bonds is 3. The highest BCUT2D eigenvalue weighted by molar-refractivity contribution is 6.33. The summed E-state index contributed by atoms with van der Waals surface area (Å²) in [6, 6.07) is 9.11. The maximum Gasteiger partial charge on any atom is 0.337 e. The van der Waals surface area contributed by atoms with E-state index in [0.717, 1.165) is 0 Å². The second-order valence-corrected chi connectivity index (χ2v) is 4.37. The number of carboxylic acid groups (broad SMARTS) is 1. The van der Waals surface area contributed by atoms with Crippen molar-refractivity contribution >= 4 is 29.2 Å². The van der Waals surface area contributed by atoms with E-state index in [1.807, 2.05) is 0 Å². The zero-order valence-corrected chi connectivity index (χ0v) is 10.8. The van der Waals surface area contributed by atoms with Crippen LogP contribution in [0.25, 0.3) is 0 Å². The quantitative estimate of drug-likeness (QED) is 0.911. The van der Waals surface area contributed by atoms with Gasteiger partial charge in [-0.25, -0.2) is 9.18 Å². The molecule has 4 nitrogen and oxygen atoms in total. The number of benzene rings is 2. The molecule has 102 valence electrons. The predicted octanol–water partition coefficient (Wildman–Crippen LogP) is 3.43. The van der Waals surface area contributed by atoms with Crippen LogP contribution in [0.4, 0.5) is 10.1 Å². The lowest BCUT2D eigenvalue weighted by Crippen LogP contribution is -2.12. The lowest BCUT2D eigenvalue weighted by molar-refractivity contribution is 0.0697. The molecule has 0 spiro atoms. The molecule has 2 N–H and O–H groups in total. The first kappa shape index (κ1) is 14.0. The van der Waals surface area contributed by atoms with Gasteiger partial charge in [0.1, 0.15) is 5.82 Å². The predicted molar refractivity (Wildman–Crippen MR) is 72.8 cm³/mol. The SMILES string of the molecule is O=C(Nc1ccc(C(=O)O)c(Cl)c1)c1ccc(F)cc1. The number of hydrogen-bond donors (Lipinski definition) is 2. The molecule has 1 amide bonds. The Balaban J connectivity index is 2.18. The second-order valence-electron chi connectivity index (χ2n) is 3.96. The molecule has 0 radical (unpaired) electrons. The van der Waals surface area contributed by atoms with Crippen LogP contribution in [0.15, 0.2) is 42.5 Å². The van der Waals surface area contributed by atoms with E-state index in [2.05, 4.69) is 5.32 Å². The van der Waals surface area contributed by atoms with Crippen LogP contribution in [0, 0.1) is 5.82 Å². The molecular weight excluding hydrogens is 285 g/mol. The summed E-state index contributed by atoms with van der Waals surface area (Å²) >= 11 is 5.79. The van der Waals surface area contributed by atoms with E-state index in [-0.39, 0.29) is 16.1 Å². The second kappa shape index (κ2) is 5.71. The zero-order chi connectivity index (χ0) is 14.7. The number of carboxylic acids is 1. The third-order valence-corrected chi connectivity index (χ3v) is 2.88. The van der Waals surface area contributed by atoms with Gasteiger partial charge < -0.3 is 10.4 Å². The largest absolute Gasteiger partial charge is 0.478 e.